The summed E-state index contributed by atoms with van der Waals surface area (Å²) in [6.07, 6.45) is 1.40. The van der Waals surface area contributed by atoms with Gasteiger partial charge in [-0.25, -0.2) is 0 Å². The van der Waals surface area contributed by atoms with Gasteiger partial charge < -0.3 is 24.6 Å². The highest BCUT2D eigenvalue weighted by Crippen LogP contribution is 2.39. The van der Waals surface area contributed by atoms with Crippen molar-refractivity contribution in [2.24, 2.45) is 0 Å². The van der Waals surface area contributed by atoms with Crippen molar-refractivity contribution in [1.82, 2.24) is 4.90 Å². The van der Waals surface area contributed by atoms with Crippen LogP contribution < -0.4 is 0 Å². The summed E-state index contributed by atoms with van der Waals surface area (Å²) < 4.78 is 11.0. The van der Waals surface area contributed by atoms with E-state index >= 15 is 0 Å². The normalized spacial score (nSPS) is 32.4. The van der Waals surface area contributed by atoms with Gasteiger partial charge in [-0.05, 0) is 26.7 Å². The molecule has 0 bridgehead atoms. The molecule has 2 N–H and O–H groups in total. The molecule has 6 nitrogen and oxygen atoms in total. The van der Waals surface area contributed by atoms with E-state index < -0.39 is 17.3 Å². The Labute approximate surface area is 126 Å². The zero-order chi connectivity index (χ0) is 15.5. The van der Waals surface area contributed by atoms with Crippen LogP contribution in [0.25, 0.3) is 0 Å². The van der Waals surface area contributed by atoms with E-state index in [1.54, 1.807) is 6.92 Å². The van der Waals surface area contributed by atoms with Crippen molar-refractivity contribution in [3.8, 4) is 0 Å². The number of likely N-dealkylation sites (tertiary alicyclic amines) is 1. The minimum Gasteiger partial charge on any atom is -0.388 e. The van der Waals surface area contributed by atoms with E-state index in [1.165, 1.54) is 0 Å². The van der Waals surface area contributed by atoms with Crippen LogP contribution in [-0.2, 0) is 14.3 Å². The molecule has 2 saturated heterocycles. The molecule has 122 valence electrons. The lowest BCUT2D eigenvalue weighted by atomic mass is 9.76. The maximum absolute atomic E-state index is 12.0. The summed E-state index contributed by atoms with van der Waals surface area (Å²) >= 11 is 0. The molecule has 21 heavy (non-hydrogen) atoms. The van der Waals surface area contributed by atoms with Gasteiger partial charge in [0, 0.05) is 26.1 Å². The van der Waals surface area contributed by atoms with Crippen LogP contribution in [0.5, 0.6) is 0 Å². The topological polar surface area (TPSA) is 79.2 Å². The van der Waals surface area contributed by atoms with Crippen molar-refractivity contribution in [1.29, 1.82) is 0 Å². The van der Waals surface area contributed by atoms with E-state index in [2.05, 4.69) is 0 Å². The van der Waals surface area contributed by atoms with Crippen LogP contribution in [0.1, 0.15) is 39.5 Å². The highest BCUT2D eigenvalue weighted by molar-refractivity contribution is 5.76. The number of hydrogen-bond acceptors (Lipinski definition) is 5. The number of rotatable bonds is 4. The van der Waals surface area contributed by atoms with Crippen LogP contribution in [-0.4, -0.2) is 71.2 Å². The average molecular weight is 301 g/mol. The van der Waals surface area contributed by atoms with Gasteiger partial charge >= 0.3 is 0 Å². The third kappa shape index (κ3) is 3.94. The van der Waals surface area contributed by atoms with E-state index in [-0.39, 0.29) is 12.5 Å². The summed E-state index contributed by atoms with van der Waals surface area (Å²) in [5.41, 5.74) is -1.52. The lowest BCUT2D eigenvalue weighted by Crippen LogP contribution is -2.59. The summed E-state index contributed by atoms with van der Waals surface area (Å²) in [6, 6.07) is 0. The molecule has 0 radical (unpaired) electrons. The molecule has 2 fully saturated rings. The van der Waals surface area contributed by atoms with Gasteiger partial charge in [0.25, 0.3) is 0 Å². The van der Waals surface area contributed by atoms with E-state index in [0.29, 0.717) is 52.0 Å². The molecule has 0 aromatic heterocycles. The average Bonchev–Trinajstić information content (AvgIpc) is 2.44. The molecular formula is C15H27NO5. The lowest BCUT2D eigenvalue weighted by molar-refractivity contribution is -0.222. The maximum atomic E-state index is 12.0. The number of hydrogen-bond donors (Lipinski definition) is 2. The van der Waals surface area contributed by atoms with Gasteiger partial charge in [-0.3, -0.25) is 4.79 Å². The Hall–Kier alpha value is -0.690. The van der Waals surface area contributed by atoms with Crippen molar-refractivity contribution in [2.75, 3.05) is 32.9 Å². The molecule has 0 aromatic rings. The first-order chi connectivity index (χ1) is 9.88. The van der Waals surface area contributed by atoms with Gasteiger partial charge in [-0.1, -0.05) is 0 Å². The minimum atomic E-state index is -1.11. The Bertz CT molecular complexity index is 363. The summed E-state index contributed by atoms with van der Waals surface area (Å²) in [7, 11) is 0. The molecule has 1 spiro atoms. The van der Waals surface area contributed by atoms with E-state index in [0.717, 1.165) is 0 Å². The number of carbonyl (C=O) groups is 1. The number of ether oxygens (including phenoxy) is 2. The Kier molecular flexibility index (Phi) is 5.24. The number of piperidine rings is 1. The third-order valence-corrected chi connectivity index (χ3v) is 4.64. The fraction of sp³-hybridized carbons (Fsp3) is 0.933. The Balaban J connectivity index is 1.84. The highest BCUT2D eigenvalue weighted by Gasteiger charge is 2.48. The van der Waals surface area contributed by atoms with E-state index in [9.17, 15) is 15.0 Å². The second-order valence-corrected chi connectivity index (χ2v) is 6.37. The van der Waals surface area contributed by atoms with Crippen LogP contribution in [0.3, 0.4) is 0 Å². The van der Waals surface area contributed by atoms with Crippen molar-refractivity contribution in [3.05, 3.63) is 0 Å². The lowest BCUT2D eigenvalue weighted by Gasteiger charge is -2.49. The first kappa shape index (κ1) is 16.7. The molecular weight excluding hydrogens is 274 g/mol. The van der Waals surface area contributed by atoms with Gasteiger partial charge in [0.15, 0.2) is 0 Å². The summed E-state index contributed by atoms with van der Waals surface area (Å²) in [5, 5.41) is 20.0. The first-order valence-electron chi connectivity index (χ1n) is 7.78. The molecule has 1 amide bonds. The zero-order valence-electron chi connectivity index (χ0n) is 13.0. The van der Waals surface area contributed by atoms with Crippen LogP contribution in [0.15, 0.2) is 0 Å². The molecule has 0 saturated carbocycles. The van der Waals surface area contributed by atoms with Gasteiger partial charge in [0.1, 0.15) is 6.10 Å². The quantitative estimate of drug-likeness (QED) is 0.731. The largest absolute Gasteiger partial charge is 0.388 e. The van der Waals surface area contributed by atoms with Crippen LogP contribution in [0.4, 0.5) is 0 Å². The predicted molar refractivity (Wildman–Crippen MR) is 76.9 cm³/mol. The van der Waals surface area contributed by atoms with E-state index in [1.807, 2.05) is 11.8 Å². The van der Waals surface area contributed by atoms with E-state index in [4.69, 9.17) is 9.47 Å². The Morgan fingerprint density at radius 2 is 2.10 bits per heavy atom. The summed E-state index contributed by atoms with van der Waals surface area (Å²) in [5.74, 6) is 0.112. The Morgan fingerprint density at radius 1 is 1.43 bits per heavy atom. The molecule has 6 heteroatoms. The van der Waals surface area contributed by atoms with Gasteiger partial charge in [-0.2, -0.15) is 0 Å². The number of aliphatic hydroxyl groups is 2. The second kappa shape index (κ2) is 6.60. The van der Waals surface area contributed by atoms with Crippen LogP contribution in [0.2, 0.25) is 0 Å². The van der Waals surface area contributed by atoms with Crippen molar-refractivity contribution < 1.29 is 24.5 Å². The molecule has 2 heterocycles. The molecule has 2 rings (SSSR count). The monoisotopic (exact) mass is 301 g/mol. The molecule has 0 unspecified atom stereocenters. The zero-order valence-corrected chi connectivity index (χ0v) is 13.0. The molecule has 2 atom stereocenters. The molecule has 2 aliphatic heterocycles. The molecule has 2 aliphatic rings. The number of carbonyl (C=O) groups excluding carboxylic acids is 1. The second-order valence-electron chi connectivity index (χ2n) is 6.37. The smallest absolute Gasteiger partial charge is 0.224 e. The van der Waals surface area contributed by atoms with Gasteiger partial charge in [0.05, 0.1) is 30.8 Å². The SMILES string of the molecule is CCOCCC(=O)N1CCC2(CC1)C[C@](C)(O)[C@@H](O)CO2. The summed E-state index contributed by atoms with van der Waals surface area (Å²) in [4.78, 5) is 13.9. The number of nitrogens with zero attached hydrogens (tertiary/aromatic N) is 1. The predicted octanol–water partition coefficient (Wildman–Crippen LogP) is 0.306. The fourth-order valence-electron chi connectivity index (χ4n) is 3.20. The van der Waals surface area contributed by atoms with Crippen molar-refractivity contribution in [2.45, 2.75) is 56.8 Å². The number of aliphatic hydroxyl groups excluding tert-OH is 1. The minimum absolute atomic E-state index is 0.112. The summed E-state index contributed by atoms with van der Waals surface area (Å²) in [6.45, 7) is 6.09. The first-order valence-corrected chi connectivity index (χ1v) is 7.78. The van der Waals surface area contributed by atoms with Crippen molar-refractivity contribution >= 4 is 5.91 Å². The van der Waals surface area contributed by atoms with Crippen LogP contribution >= 0.6 is 0 Å². The van der Waals surface area contributed by atoms with Crippen molar-refractivity contribution in [3.63, 3.8) is 0 Å². The Morgan fingerprint density at radius 3 is 2.67 bits per heavy atom. The standard InChI is InChI=1S/C15H27NO5/c1-3-20-9-4-13(18)16-7-5-15(6-8-16)11-14(2,19)12(17)10-21-15/h12,17,19H,3-11H2,1-2H3/t12-,14-/m0/s1. The van der Waals surface area contributed by atoms with Crippen LogP contribution in [0, 0.1) is 0 Å². The highest BCUT2D eigenvalue weighted by atomic mass is 16.5. The van der Waals surface area contributed by atoms with Gasteiger partial charge in [-0.15, -0.1) is 0 Å². The number of amides is 1. The maximum Gasteiger partial charge on any atom is 0.224 e. The fourth-order valence-corrected chi connectivity index (χ4v) is 3.20. The molecule has 0 aliphatic carbocycles. The molecule has 0 aromatic carbocycles. The third-order valence-electron chi connectivity index (χ3n) is 4.64. The van der Waals surface area contributed by atoms with Gasteiger partial charge in [0.2, 0.25) is 5.91 Å².